The summed E-state index contributed by atoms with van der Waals surface area (Å²) in [6.07, 6.45) is 5.54. The highest BCUT2D eigenvalue weighted by atomic mass is 35.5. The highest BCUT2D eigenvalue weighted by Gasteiger charge is 2.22. The molecule has 0 aliphatic carbocycles. The molecule has 128 valence electrons. The summed E-state index contributed by atoms with van der Waals surface area (Å²) in [6, 6.07) is 10.2. The van der Waals surface area contributed by atoms with E-state index in [4.69, 9.17) is 11.6 Å². The smallest absolute Gasteiger partial charge is 0.240 e. The first-order valence-electron chi connectivity index (χ1n) is 7.95. The second kappa shape index (κ2) is 7.51. The fraction of sp³-hybridized carbons (Fsp3) is 0.353. The Morgan fingerprint density at radius 2 is 1.88 bits per heavy atom. The molecule has 0 radical (unpaired) electrons. The van der Waals surface area contributed by atoms with Gasteiger partial charge in [-0.2, -0.15) is 0 Å². The lowest BCUT2D eigenvalue weighted by Crippen LogP contribution is -2.38. The average molecular weight is 366 g/mol. The third-order valence-corrected chi connectivity index (χ3v) is 6.00. The summed E-state index contributed by atoms with van der Waals surface area (Å²) in [5, 5.41) is 0.525. The van der Waals surface area contributed by atoms with E-state index >= 15 is 0 Å². The van der Waals surface area contributed by atoms with E-state index < -0.39 is 10.0 Å². The molecule has 0 spiro atoms. The molecule has 0 saturated carbocycles. The molecule has 3 rings (SSSR count). The first-order valence-corrected chi connectivity index (χ1v) is 9.81. The van der Waals surface area contributed by atoms with Gasteiger partial charge in [0, 0.05) is 30.9 Å². The van der Waals surface area contributed by atoms with Crippen molar-refractivity contribution in [3.8, 4) is 0 Å². The molecule has 1 fully saturated rings. The van der Waals surface area contributed by atoms with Gasteiger partial charge in [0.15, 0.2) is 0 Å². The number of pyridine rings is 1. The van der Waals surface area contributed by atoms with Crippen LogP contribution in [0.4, 0.5) is 5.69 Å². The van der Waals surface area contributed by atoms with Gasteiger partial charge in [0.1, 0.15) is 0 Å². The highest BCUT2D eigenvalue weighted by Crippen LogP contribution is 2.22. The molecule has 1 aliphatic rings. The molecular weight excluding hydrogens is 346 g/mol. The van der Waals surface area contributed by atoms with E-state index in [1.807, 2.05) is 12.3 Å². The van der Waals surface area contributed by atoms with Gasteiger partial charge in [-0.05, 0) is 55.2 Å². The van der Waals surface area contributed by atoms with Gasteiger partial charge in [-0.3, -0.25) is 4.98 Å². The van der Waals surface area contributed by atoms with Crippen molar-refractivity contribution in [2.24, 2.45) is 5.92 Å². The summed E-state index contributed by atoms with van der Waals surface area (Å²) < 4.78 is 27.3. The zero-order valence-corrected chi connectivity index (χ0v) is 14.8. The fourth-order valence-corrected chi connectivity index (χ4v) is 4.10. The van der Waals surface area contributed by atoms with Crippen molar-refractivity contribution in [3.63, 3.8) is 0 Å². The maximum Gasteiger partial charge on any atom is 0.240 e. The minimum atomic E-state index is -3.47. The number of hydrogen-bond donors (Lipinski definition) is 1. The molecule has 5 nitrogen and oxygen atoms in total. The SMILES string of the molecule is O=S(=O)(NCC1CCN(c2cccnc2)CC1)c1ccc(Cl)cc1. The van der Waals surface area contributed by atoms with Crippen LogP contribution in [0.2, 0.25) is 5.02 Å². The third kappa shape index (κ3) is 4.26. The van der Waals surface area contributed by atoms with Gasteiger partial charge in [-0.1, -0.05) is 11.6 Å². The predicted octanol–water partition coefficient (Wildman–Crippen LogP) is 2.93. The van der Waals surface area contributed by atoms with Crippen LogP contribution in [0.3, 0.4) is 0 Å². The number of piperidine rings is 1. The number of aromatic nitrogens is 1. The van der Waals surface area contributed by atoms with Gasteiger partial charge in [-0.25, -0.2) is 13.1 Å². The number of benzene rings is 1. The number of nitrogens with one attached hydrogen (secondary N) is 1. The lowest BCUT2D eigenvalue weighted by atomic mass is 9.97. The van der Waals surface area contributed by atoms with Gasteiger partial charge < -0.3 is 4.90 Å². The molecule has 0 amide bonds. The summed E-state index contributed by atoms with van der Waals surface area (Å²) in [4.78, 5) is 6.68. The standard InChI is InChI=1S/C17H20ClN3O2S/c18-15-3-5-17(6-4-15)24(22,23)20-12-14-7-10-21(11-8-14)16-2-1-9-19-13-16/h1-6,9,13-14,20H,7-8,10-12H2. The molecule has 7 heteroatoms. The zero-order valence-electron chi connectivity index (χ0n) is 13.2. The lowest BCUT2D eigenvalue weighted by molar-refractivity contribution is 0.402. The number of anilines is 1. The van der Waals surface area contributed by atoms with Crippen LogP contribution in [0.25, 0.3) is 0 Å². The van der Waals surface area contributed by atoms with Gasteiger partial charge in [0.2, 0.25) is 10.0 Å². The van der Waals surface area contributed by atoms with E-state index in [-0.39, 0.29) is 4.90 Å². The van der Waals surface area contributed by atoms with E-state index in [0.29, 0.717) is 17.5 Å². The van der Waals surface area contributed by atoms with Crippen molar-refractivity contribution in [2.45, 2.75) is 17.7 Å². The molecule has 2 heterocycles. The number of nitrogens with zero attached hydrogens (tertiary/aromatic N) is 2. The highest BCUT2D eigenvalue weighted by molar-refractivity contribution is 7.89. The average Bonchev–Trinajstić information content (AvgIpc) is 2.62. The van der Waals surface area contributed by atoms with Gasteiger partial charge in [0.05, 0.1) is 16.8 Å². The summed E-state index contributed by atoms with van der Waals surface area (Å²) >= 11 is 5.80. The van der Waals surface area contributed by atoms with Crippen LogP contribution < -0.4 is 9.62 Å². The van der Waals surface area contributed by atoms with Crippen LogP contribution in [0.1, 0.15) is 12.8 Å². The zero-order chi connectivity index (χ0) is 17.0. The topological polar surface area (TPSA) is 62.3 Å². The van der Waals surface area contributed by atoms with Crippen molar-refractivity contribution in [1.29, 1.82) is 0 Å². The first kappa shape index (κ1) is 17.2. The number of rotatable bonds is 5. The maximum atomic E-state index is 12.3. The largest absolute Gasteiger partial charge is 0.370 e. The first-order chi connectivity index (χ1) is 11.5. The second-order valence-corrected chi connectivity index (χ2v) is 8.15. The van der Waals surface area contributed by atoms with Crippen LogP contribution in [0, 0.1) is 5.92 Å². The van der Waals surface area contributed by atoms with Crippen molar-refractivity contribution >= 4 is 27.3 Å². The Morgan fingerprint density at radius 1 is 1.17 bits per heavy atom. The Morgan fingerprint density at radius 3 is 2.50 bits per heavy atom. The molecule has 24 heavy (non-hydrogen) atoms. The molecule has 1 aliphatic heterocycles. The van der Waals surface area contributed by atoms with Crippen LogP contribution >= 0.6 is 11.6 Å². The van der Waals surface area contributed by atoms with E-state index in [1.54, 1.807) is 18.3 Å². The monoisotopic (exact) mass is 365 g/mol. The normalized spacial score (nSPS) is 16.3. The molecular formula is C17H20ClN3O2S. The maximum absolute atomic E-state index is 12.3. The van der Waals surface area contributed by atoms with Crippen LogP contribution in [-0.2, 0) is 10.0 Å². The predicted molar refractivity (Wildman–Crippen MR) is 95.8 cm³/mol. The minimum absolute atomic E-state index is 0.250. The molecule has 1 aromatic heterocycles. The Kier molecular flexibility index (Phi) is 5.38. The number of hydrogen-bond acceptors (Lipinski definition) is 4. The van der Waals surface area contributed by atoms with E-state index in [0.717, 1.165) is 31.6 Å². The lowest BCUT2D eigenvalue weighted by Gasteiger charge is -2.33. The quantitative estimate of drug-likeness (QED) is 0.884. The molecule has 0 bridgehead atoms. The summed E-state index contributed by atoms with van der Waals surface area (Å²) in [7, 11) is -3.47. The van der Waals surface area contributed by atoms with Crippen molar-refractivity contribution in [3.05, 3.63) is 53.8 Å². The summed E-state index contributed by atoms with van der Waals surface area (Å²) in [5.74, 6) is 0.347. The third-order valence-electron chi connectivity index (χ3n) is 4.31. The van der Waals surface area contributed by atoms with E-state index in [9.17, 15) is 8.42 Å². The van der Waals surface area contributed by atoms with E-state index in [2.05, 4.69) is 20.7 Å². The molecule has 2 aromatic rings. The number of halogens is 1. The molecule has 0 atom stereocenters. The van der Waals surface area contributed by atoms with Crippen LogP contribution in [0.5, 0.6) is 0 Å². The minimum Gasteiger partial charge on any atom is -0.370 e. The molecule has 1 N–H and O–H groups in total. The number of sulfonamides is 1. The van der Waals surface area contributed by atoms with E-state index in [1.165, 1.54) is 12.1 Å². The summed E-state index contributed by atoms with van der Waals surface area (Å²) in [6.45, 7) is 2.30. The second-order valence-electron chi connectivity index (χ2n) is 5.95. The molecule has 1 aromatic carbocycles. The van der Waals surface area contributed by atoms with Crippen molar-refractivity contribution in [2.75, 3.05) is 24.5 Å². The molecule has 1 saturated heterocycles. The molecule has 0 unspecified atom stereocenters. The Balaban J connectivity index is 1.52. The van der Waals surface area contributed by atoms with Crippen molar-refractivity contribution in [1.82, 2.24) is 9.71 Å². The van der Waals surface area contributed by atoms with Crippen LogP contribution in [0.15, 0.2) is 53.7 Å². The fourth-order valence-electron chi connectivity index (χ4n) is 2.86. The Hall–Kier alpha value is -1.63. The van der Waals surface area contributed by atoms with Crippen LogP contribution in [-0.4, -0.2) is 33.0 Å². The summed E-state index contributed by atoms with van der Waals surface area (Å²) in [5.41, 5.74) is 1.12. The van der Waals surface area contributed by atoms with Gasteiger partial charge in [-0.15, -0.1) is 0 Å². The Bertz CT molecular complexity index is 758. The van der Waals surface area contributed by atoms with Gasteiger partial charge in [0.25, 0.3) is 0 Å². The van der Waals surface area contributed by atoms with Crippen molar-refractivity contribution < 1.29 is 8.42 Å². The van der Waals surface area contributed by atoms with Gasteiger partial charge >= 0.3 is 0 Å². The Labute approximate surface area is 147 Å².